The van der Waals surface area contributed by atoms with Crippen LogP contribution in [0.15, 0.2) is 5.38 Å². The van der Waals surface area contributed by atoms with Crippen molar-refractivity contribution in [1.82, 2.24) is 4.98 Å². The number of rotatable bonds is 4. The molecule has 0 radical (unpaired) electrons. The van der Waals surface area contributed by atoms with Gasteiger partial charge in [0, 0.05) is 17.7 Å². The summed E-state index contributed by atoms with van der Waals surface area (Å²) in [6.07, 6.45) is 4.52. The summed E-state index contributed by atoms with van der Waals surface area (Å²) >= 11 is 1.66. The molecular formula is C13H19NO2S. The highest BCUT2D eigenvalue weighted by Crippen LogP contribution is 2.37. The molecule has 1 saturated carbocycles. The van der Waals surface area contributed by atoms with Crippen LogP contribution in [0, 0.1) is 5.41 Å². The van der Waals surface area contributed by atoms with E-state index in [4.69, 9.17) is 4.74 Å². The van der Waals surface area contributed by atoms with Crippen molar-refractivity contribution in [3.8, 4) is 0 Å². The molecule has 0 amide bonds. The lowest BCUT2D eigenvalue weighted by Crippen LogP contribution is -2.28. The highest BCUT2D eigenvalue weighted by Gasteiger charge is 2.31. The third-order valence-corrected chi connectivity index (χ3v) is 4.29. The van der Waals surface area contributed by atoms with Crippen molar-refractivity contribution in [3.05, 3.63) is 16.1 Å². The van der Waals surface area contributed by atoms with Gasteiger partial charge >= 0.3 is 5.97 Å². The highest BCUT2D eigenvalue weighted by atomic mass is 32.1. The van der Waals surface area contributed by atoms with Gasteiger partial charge in [0.15, 0.2) is 0 Å². The smallest absolute Gasteiger partial charge is 0.311 e. The van der Waals surface area contributed by atoms with Gasteiger partial charge in [-0.3, -0.25) is 4.79 Å². The molecule has 1 heterocycles. The number of hydrogen-bond donors (Lipinski definition) is 0. The predicted molar refractivity (Wildman–Crippen MR) is 68.2 cm³/mol. The minimum absolute atomic E-state index is 0.169. The van der Waals surface area contributed by atoms with Gasteiger partial charge in [0.1, 0.15) is 0 Å². The van der Waals surface area contributed by atoms with E-state index in [0.717, 1.165) is 5.01 Å². The molecule has 2 rings (SSSR count). The molecule has 0 N–H and O–H groups in total. The lowest BCUT2D eigenvalue weighted by molar-refractivity contribution is -0.150. The zero-order valence-electron chi connectivity index (χ0n) is 10.7. The van der Waals surface area contributed by atoms with Gasteiger partial charge in [-0.15, -0.1) is 11.3 Å². The molecule has 94 valence electrons. The zero-order valence-corrected chi connectivity index (χ0v) is 11.5. The van der Waals surface area contributed by atoms with E-state index in [9.17, 15) is 4.79 Å². The first-order valence-electron chi connectivity index (χ1n) is 6.05. The number of hydrogen-bond acceptors (Lipinski definition) is 4. The number of esters is 1. The van der Waals surface area contributed by atoms with Gasteiger partial charge in [0.05, 0.1) is 23.2 Å². The molecule has 0 bridgehead atoms. The Morgan fingerprint density at radius 2 is 2.29 bits per heavy atom. The Kier molecular flexibility index (Phi) is 3.52. The Morgan fingerprint density at radius 1 is 1.59 bits per heavy atom. The molecule has 0 spiro atoms. The van der Waals surface area contributed by atoms with Crippen molar-refractivity contribution in [1.29, 1.82) is 0 Å². The minimum atomic E-state index is -0.483. The molecule has 1 aromatic rings. The Labute approximate surface area is 106 Å². The second-order valence-electron chi connectivity index (χ2n) is 5.35. The number of thiazole rings is 1. The molecule has 1 fully saturated rings. The van der Waals surface area contributed by atoms with Crippen LogP contribution >= 0.6 is 11.3 Å². The van der Waals surface area contributed by atoms with Crippen LogP contribution < -0.4 is 0 Å². The summed E-state index contributed by atoms with van der Waals surface area (Å²) in [5.74, 6) is 0.499. The lowest BCUT2D eigenvalue weighted by Gasteiger charge is -2.23. The van der Waals surface area contributed by atoms with E-state index in [-0.39, 0.29) is 5.97 Å². The minimum Gasteiger partial charge on any atom is -0.469 e. The van der Waals surface area contributed by atoms with Crippen LogP contribution in [0.1, 0.15) is 49.7 Å². The van der Waals surface area contributed by atoms with Crippen LogP contribution in [0.2, 0.25) is 0 Å². The summed E-state index contributed by atoms with van der Waals surface area (Å²) in [6.45, 7) is 3.81. The lowest BCUT2D eigenvalue weighted by atomic mass is 9.83. The Hall–Kier alpha value is -0.900. The number of aromatic nitrogens is 1. The summed E-state index contributed by atoms with van der Waals surface area (Å²) < 4.78 is 4.81. The van der Waals surface area contributed by atoms with Crippen LogP contribution in [-0.2, 0) is 16.0 Å². The predicted octanol–water partition coefficient (Wildman–Crippen LogP) is 3.15. The van der Waals surface area contributed by atoms with Gasteiger partial charge < -0.3 is 4.74 Å². The summed E-state index contributed by atoms with van der Waals surface area (Å²) in [4.78, 5) is 16.2. The van der Waals surface area contributed by atoms with E-state index in [2.05, 4.69) is 10.4 Å². The molecule has 0 aromatic carbocycles. The Bertz CT molecular complexity index is 407. The Balaban J connectivity index is 2.03. The molecule has 0 atom stereocenters. The van der Waals surface area contributed by atoms with Crippen LogP contribution in [0.4, 0.5) is 0 Å². The van der Waals surface area contributed by atoms with Crippen molar-refractivity contribution >= 4 is 17.3 Å². The molecule has 17 heavy (non-hydrogen) atoms. The fourth-order valence-corrected chi connectivity index (χ4v) is 3.13. The number of ether oxygens (including phenoxy) is 1. The van der Waals surface area contributed by atoms with Crippen molar-refractivity contribution < 1.29 is 9.53 Å². The SMILES string of the molecule is COC(=O)C(C)(C)Cc1nc(C2CCC2)cs1. The van der Waals surface area contributed by atoms with Gasteiger partial charge in [0.25, 0.3) is 0 Å². The quantitative estimate of drug-likeness (QED) is 0.774. The topological polar surface area (TPSA) is 39.2 Å². The summed E-state index contributed by atoms with van der Waals surface area (Å²) in [6, 6.07) is 0. The molecule has 1 aromatic heterocycles. The Morgan fingerprint density at radius 3 is 2.82 bits per heavy atom. The zero-order chi connectivity index (χ0) is 12.5. The molecule has 0 aliphatic heterocycles. The standard InChI is InChI=1S/C13H19NO2S/c1-13(2,12(15)16-3)7-11-14-10(8-17-11)9-5-4-6-9/h8-9H,4-7H2,1-3H3. The highest BCUT2D eigenvalue weighted by molar-refractivity contribution is 7.09. The van der Waals surface area contributed by atoms with E-state index < -0.39 is 5.41 Å². The number of carbonyl (C=O) groups is 1. The number of nitrogens with zero attached hydrogens (tertiary/aromatic N) is 1. The van der Waals surface area contributed by atoms with Crippen molar-refractivity contribution in [2.45, 2.75) is 45.4 Å². The van der Waals surface area contributed by atoms with Crippen molar-refractivity contribution in [3.63, 3.8) is 0 Å². The van der Waals surface area contributed by atoms with E-state index in [1.807, 2.05) is 13.8 Å². The van der Waals surface area contributed by atoms with Gasteiger partial charge in [0.2, 0.25) is 0 Å². The normalized spacial score (nSPS) is 16.6. The average Bonchev–Trinajstić information content (AvgIpc) is 2.61. The molecule has 1 aliphatic rings. The maximum absolute atomic E-state index is 11.6. The molecule has 4 heteroatoms. The fourth-order valence-electron chi connectivity index (χ4n) is 2.02. The average molecular weight is 253 g/mol. The van der Waals surface area contributed by atoms with E-state index in [0.29, 0.717) is 12.3 Å². The second-order valence-corrected chi connectivity index (χ2v) is 6.29. The molecule has 3 nitrogen and oxygen atoms in total. The van der Waals surface area contributed by atoms with Gasteiger partial charge in [-0.05, 0) is 26.7 Å². The van der Waals surface area contributed by atoms with Gasteiger partial charge in [-0.2, -0.15) is 0 Å². The van der Waals surface area contributed by atoms with Crippen LogP contribution in [0.3, 0.4) is 0 Å². The van der Waals surface area contributed by atoms with Crippen LogP contribution in [-0.4, -0.2) is 18.1 Å². The number of carbonyl (C=O) groups excluding carboxylic acids is 1. The van der Waals surface area contributed by atoms with E-state index in [1.165, 1.54) is 32.1 Å². The molecule has 0 saturated heterocycles. The first kappa shape index (κ1) is 12.6. The summed E-state index contributed by atoms with van der Waals surface area (Å²) in [5.41, 5.74) is 0.737. The summed E-state index contributed by atoms with van der Waals surface area (Å²) in [5, 5.41) is 3.19. The fraction of sp³-hybridized carbons (Fsp3) is 0.692. The van der Waals surface area contributed by atoms with Crippen molar-refractivity contribution in [2.24, 2.45) is 5.41 Å². The molecule has 0 unspecified atom stereocenters. The maximum atomic E-state index is 11.6. The first-order chi connectivity index (χ1) is 8.03. The van der Waals surface area contributed by atoms with E-state index >= 15 is 0 Å². The van der Waals surface area contributed by atoms with Crippen molar-refractivity contribution in [2.75, 3.05) is 7.11 Å². The van der Waals surface area contributed by atoms with Gasteiger partial charge in [-0.25, -0.2) is 4.98 Å². The number of methoxy groups -OCH3 is 1. The van der Waals surface area contributed by atoms with Gasteiger partial charge in [-0.1, -0.05) is 6.42 Å². The molecular weight excluding hydrogens is 234 g/mol. The molecule has 1 aliphatic carbocycles. The third kappa shape index (κ3) is 2.68. The third-order valence-electron chi connectivity index (χ3n) is 3.42. The van der Waals surface area contributed by atoms with Crippen LogP contribution in [0.25, 0.3) is 0 Å². The summed E-state index contributed by atoms with van der Waals surface area (Å²) in [7, 11) is 1.44. The largest absolute Gasteiger partial charge is 0.469 e. The van der Waals surface area contributed by atoms with E-state index in [1.54, 1.807) is 11.3 Å². The van der Waals surface area contributed by atoms with Crippen LogP contribution in [0.5, 0.6) is 0 Å². The second kappa shape index (κ2) is 4.77. The first-order valence-corrected chi connectivity index (χ1v) is 6.93. The monoisotopic (exact) mass is 253 g/mol. The maximum Gasteiger partial charge on any atom is 0.311 e.